The fraction of sp³-hybridized carbons (Fsp3) is 0.933. The summed E-state index contributed by atoms with van der Waals surface area (Å²) in [5.74, 6) is 0. The average Bonchev–Trinajstić information content (AvgIpc) is 2.26. The second-order valence-corrected chi connectivity index (χ2v) is 4.69. The van der Waals surface area contributed by atoms with Gasteiger partial charge in [-0.15, -0.1) is 0 Å². The lowest BCUT2D eigenvalue weighted by molar-refractivity contribution is 0.580. The van der Waals surface area contributed by atoms with E-state index in [-0.39, 0.29) is 0 Å². The number of hydrogen-bond donors (Lipinski definition) is 0. The minimum absolute atomic E-state index is 1.35. The minimum Gasteiger partial charge on any atom is -0.0654 e. The summed E-state index contributed by atoms with van der Waals surface area (Å²) in [7, 11) is 0. The topological polar surface area (TPSA) is 0 Å². The molecular weight excluding hydrogens is 180 g/mol. The zero-order chi connectivity index (χ0) is 11.2. The van der Waals surface area contributed by atoms with Crippen LogP contribution in [0, 0.1) is 6.42 Å². The van der Waals surface area contributed by atoms with E-state index < -0.39 is 0 Å². The van der Waals surface area contributed by atoms with Gasteiger partial charge < -0.3 is 0 Å². The minimum atomic E-state index is 1.35. The van der Waals surface area contributed by atoms with Crippen molar-refractivity contribution in [3.8, 4) is 0 Å². The van der Waals surface area contributed by atoms with Crippen molar-refractivity contribution in [3.63, 3.8) is 0 Å². The lowest BCUT2D eigenvalue weighted by Crippen LogP contribution is -1.82. The Morgan fingerprint density at radius 3 is 1.53 bits per heavy atom. The first-order valence-electron chi connectivity index (χ1n) is 7.23. The van der Waals surface area contributed by atoms with Crippen LogP contribution in [0.2, 0.25) is 0 Å². The normalized spacial score (nSPS) is 10.8. The summed E-state index contributed by atoms with van der Waals surface area (Å²) in [6, 6.07) is 0. The van der Waals surface area contributed by atoms with E-state index in [4.69, 9.17) is 0 Å². The molecule has 0 aliphatic heterocycles. The van der Waals surface area contributed by atoms with Gasteiger partial charge in [-0.3, -0.25) is 0 Å². The number of rotatable bonds is 12. The van der Waals surface area contributed by atoms with Gasteiger partial charge in [-0.2, -0.15) is 0 Å². The van der Waals surface area contributed by atoms with E-state index in [9.17, 15) is 0 Å². The highest BCUT2D eigenvalue weighted by molar-refractivity contribution is 4.64. The highest BCUT2D eigenvalue weighted by Gasteiger charge is 1.92. The van der Waals surface area contributed by atoms with Crippen molar-refractivity contribution in [2.75, 3.05) is 0 Å². The van der Waals surface area contributed by atoms with Crippen LogP contribution < -0.4 is 0 Å². The smallest absolute Gasteiger partial charge is 0.0386 e. The lowest BCUT2D eigenvalue weighted by atomic mass is 10.1. The van der Waals surface area contributed by atoms with Gasteiger partial charge in [-0.1, -0.05) is 90.9 Å². The van der Waals surface area contributed by atoms with Crippen molar-refractivity contribution in [1.82, 2.24) is 0 Å². The maximum atomic E-state index is 2.50. The van der Waals surface area contributed by atoms with Crippen LogP contribution in [0.3, 0.4) is 0 Å². The zero-order valence-corrected chi connectivity index (χ0v) is 11.1. The molecule has 0 amide bonds. The maximum Gasteiger partial charge on any atom is -0.0386 e. The van der Waals surface area contributed by atoms with Crippen molar-refractivity contribution in [1.29, 1.82) is 0 Å². The lowest BCUT2D eigenvalue weighted by Gasteiger charge is -2.01. The molecule has 0 rings (SSSR count). The Bertz CT molecular complexity index is 84.2. The molecule has 0 aromatic heterocycles. The summed E-state index contributed by atoms with van der Waals surface area (Å²) in [6.07, 6.45) is 19.4. The second-order valence-electron chi connectivity index (χ2n) is 4.69. The van der Waals surface area contributed by atoms with Crippen molar-refractivity contribution >= 4 is 0 Å². The summed E-state index contributed by atoms with van der Waals surface area (Å²) in [5.41, 5.74) is 0. The first-order valence-corrected chi connectivity index (χ1v) is 7.23. The molecule has 0 bridgehead atoms. The summed E-state index contributed by atoms with van der Waals surface area (Å²) in [6.45, 7) is 4.56. The summed E-state index contributed by atoms with van der Waals surface area (Å²) in [4.78, 5) is 0. The van der Waals surface area contributed by atoms with Gasteiger partial charge in [-0.05, 0) is 6.42 Å². The van der Waals surface area contributed by atoms with Crippen LogP contribution >= 0.6 is 0 Å². The molecule has 0 atom stereocenters. The van der Waals surface area contributed by atoms with Crippen LogP contribution in [0.1, 0.15) is 90.9 Å². The monoisotopic (exact) mass is 211 g/mol. The Morgan fingerprint density at radius 2 is 0.933 bits per heavy atom. The molecule has 0 heterocycles. The molecule has 0 aliphatic carbocycles. The Labute approximate surface area is 97.8 Å². The molecule has 0 nitrogen and oxygen atoms in total. The van der Waals surface area contributed by atoms with E-state index in [2.05, 4.69) is 20.3 Å². The molecule has 0 spiro atoms. The molecule has 0 saturated heterocycles. The molecular formula is C15H31. The third-order valence-corrected chi connectivity index (χ3v) is 3.02. The molecule has 0 fully saturated rings. The third-order valence-electron chi connectivity index (χ3n) is 3.02. The van der Waals surface area contributed by atoms with Crippen LogP contribution in [0.15, 0.2) is 0 Å². The van der Waals surface area contributed by atoms with Crippen molar-refractivity contribution in [3.05, 3.63) is 6.42 Å². The Balaban J connectivity index is 2.81. The molecule has 0 aromatic carbocycles. The molecule has 0 unspecified atom stereocenters. The van der Waals surface area contributed by atoms with Crippen molar-refractivity contribution < 1.29 is 0 Å². The molecule has 0 aromatic rings. The molecule has 1 radical (unpaired) electrons. The molecule has 0 aliphatic rings. The molecule has 0 N–H and O–H groups in total. The Morgan fingerprint density at radius 1 is 0.533 bits per heavy atom. The molecule has 0 saturated carbocycles. The van der Waals surface area contributed by atoms with Crippen LogP contribution in [-0.2, 0) is 0 Å². The van der Waals surface area contributed by atoms with E-state index >= 15 is 0 Å². The fourth-order valence-electron chi connectivity index (χ4n) is 1.93. The molecule has 15 heavy (non-hydrogen) atoms. The van der Waals surface area contributed by atoms with Crippen LogP contribution in [0.25, 0.3) is 0 Å². The predicted molar refractivity (Wildman–Crippen MR) is 71.1 cm³/mol. The van der Waals surface area contributed by atoms with E-state index in [1.807, 2.05) is 0 Å². The van der Waals surface area contributed by atoms with Crippen molar-refractivity contribution in [2.45, 2.75) is 90.9 Å². The van der Waals surface area contributed by atoms with Crippen LogP contribution in [-0.4, -0.2) is 0 Å². The Kier molecular flexibility index (Phi) is 14.0. The maximum absolute atomic E-state index is 2.50. The third kappa shape index (κ3) is 14.0. The van der Waals surface area contributed by atoms with Gasteiger partial charge in [0.2, 0.25) is 0 Å². The van der Waals surface area contributed by atoms with E-state index in [0.717, 1.165) is 0 Å². The number of hydrogen-bond acceptors (Lipinski definition) is 0. The van der Waals surface area contributed by atoms with Gasteiger partial charge in [0, 0.05) is 0 Å². The van der Waals surface area contributed by atoms with Gasteiger partial charge in [-0.25, -0.2) is 0 Å². The molecule has 0 heteroatoms. The van der Waals surface area contributed by atoms with Gasteiger partial charge in [0.25, 0.3) is 0 Å². The van der Waals surface area contributed by atoms with E-state index in [1.54, 1.807) is 0 Å². The van der Waals surface area contributed by atoms with Gasteiger partial charge in [0.1, 0.15) is 0 Å². The molecule has 91 valence electrons. The first kappa shape index (κ1) is 15.0. The fourth-order valence-corrected chi connectivity index (χ4v) is 1.93. The van der Waals surface area contributed by atoms with Gasteiger partial charge >= 0.3 is 0 Å². The van der Waals surface area contributed by atoms with Gasteiger partial charge in [0.05, 0.1) is 0 Å². The van der Waals surface area contributed by atoms with Crippen LogP contribution in [0.5, 0.6) is 0 Å². The number of unbranched alkanes of at least 4 members (excludes halogenated alkanes) is 12. The van der Waals surface area contributed by atoms with Gasteiger partial charge in [0.15, 0.2) is 0 Å². The quantitative estimate of drug-likeness (QED) is 0.352. The SMILES string of the molecule is CCCCC[CH]CCCCCCCCC. The van der Waals surface area contributed by atoms with E-state index in [1.165, 1.54) is 77.0 Å². The largest absolute Gasteiger partial charge is 0.0654 e. The van der Waals surface area contributed by atoms with Crippen LogP contribution in [0.4, 0.5) is 0 Å². The summed E-state index contributed by atoms with van der Waals surface area (Å²) >= 11 is 0. The Hall–Kier alpha value is 0. The summed E-state index contributed by atoms with van der Waals surface area (Å²) in [5, 5.41) is 0. The average molecular weight is 211 g/mol. The highest BCUT2D eigenvalue weighted by atomic mass is 14.0. The predicted octanol–water partition coefficient (Wildman–Crippen LogP) is 5.91. The summed E-state index contributed by atoms with van der Waals surface area (Å²) < 4.78 is 0. The second kappa shape index (κ2) is 14.0. The van der Waals surface area contributed by atoms with Crippen molar-refractivity contribution in [2.24, 2.45) is 0 Å². The highest BCUT2D eigenvalue weighted by Crippen LogP contribution is 2.11. The zero-order valence-electron chi connectivity index (χ0n) is 11.1. The standard InChI is InChI=1S/C15H31/c1-3-5-7-9-11-13-15-14-12-10-8-6-4-2/h11H,3-10,12-15H2,1-2H3. The first-order chi connectivity index (χ1) is 7.41. The van der Waals surface area contributed by atoms with E-state index in [0.29, 0.717) is 0 Å².